The number of fused-ring (bicyclic) bond motifs is 3. The van der Waals surface area contributed by atoms with E-state index in [1.807, 2.05) is 13.8 Å². The maximum atomic E-state index is 12.7. The molecule has 3 aliphatic heterocycles. The fourth-order valence-corrected chi connectivity index (χ4v) is 4.30. The standard InChI is InChI=1S/C23H30O8/c1-7-13(2)20(25)29-17-10-14(3)23(27-6)9-8-22(5,31-23)11-18-19(17)16(21(26)30-18)12-28-15(4)24/h7,11,14,17H,8-10,12H2,1-6H3/b13-7+,18-11-/t14-,17-,22+,23-/m0/s1. The van der Waals surface area contributed by atoms with Crippen molar-refractivity contribution >= 4 is 17.9 Å². The molecular weight excluding hydrogens is 404 g/mol. The minimum atomic E-state index is -0.856. The first-order valence-electron chi connectivity index (χ1n) is 10.4. The van der Waals surface area contributed by atoms with Crippen LogP contribution in [0.25, 0.3) is 0 Å². The lowest BCUT2D eigenvalue weighted by Crippen LogP contribution is -2.42. The van der Waals surface area contributed by atoms with Crippen LogP contribution in [0, 0.1) is 5.92 Å². The topological polar surface area (TPSA) is 97.4 Å². The van der Waals surface area contributed by atoms with Crippen LogP contribution in [-0.4, -0.2) is 49.1 Å². The SMILES string of the molecule is C/C=C(\C)C(=O)O[C@H]1C[C@H](C)[C@]2(OC)CC[C@](C)(/C=C3\OC(=O)C(COC(C)=O)=C31)O2. The molecule has 1 saturated heterocycles. The van der Waals surface area contributed by atoms with Crippen LogP contribution < -0.4 is 0 Å². The molecule has 0 aliphatic carbocycles. The average molecular weight is 434 g/mol. The number of hydrogen-bond donors (Lipinski definition) is 0. The molecular formula is C23H30O8. The molecule has 3 rings (SSSR count). The molecule has 0 saturated carbocycles. The van der Waals surface area contributed by atoms with Crippen LogP contribution in [0.1, 0.15) is 53.9 Å². The van der Waals surface area contributed by atoms with Gasteiger partial charge in [0.2, 0.25) is 0 Å². The minimum Gasteiger partial charge on any atom is -0.461 e. The molecule has 3 heterocycles. The van der Waals surface area contributed by atoms with Crippen LogP contribution >= 0.6 is 0 Å². The van der Waals surface area contributed by atoms with Gasteiger partial charge in [-0.05, 0) is 39.7 Å². The Hall–Kier alpha value is -2.45. The Morgan fingerprint density at radius 3 is 2.61 bits per heavy atom. The number of methoxy groups -OCH3 is 1. The average Bonchev–Trinajstić information content (AvgIpc) is 3.22. The van der Waals surface area contributed by atoms with E-state index in [4.69, 9.17) is 23.7 Å². The quantitative estimate of drug-likeness (QED) is 0.370. The Kier molecular flexibility index (Phi) is 6.43. The molecule has 0 spiro atoms. The summed E-state index contributed by atoms with van der Waals surface area (Å²) in [6.45, 7) is 8.27. The van der Waals surface area contributed by atoms with Gasteiger partial charge in [-0.2, -0.15) is 0 Å². The van der Waals surface area contributed by atoms with Crippen LogP contribution in [0.3, 0.4) is 0 Å². The molecule has 170 valence electrons. The Morgan fingerprint density at radius 1 is 1.29 bits per heavy atom. The van der Waals surface area contributed by atoms with Crippen molar-refractivity contribution in [3.63, 3.8) is 0 Å². The van der Waals surface area contributed by atoms with Crippen LogP contribution in [-0.2, 0) is 38.1 Å². The van der Waals surface area contributed by atoms with Gasteiger partial charge in [0.1, 0.15) is 18.5 Å². The molecule has 0 aromatic rings. The van der Waals surface area contributed by atoms with Crippen molar-refractivity contribution in [3.05, 3.63) is 34.6 Å². The maximum absolute atomic E-state index is 12.7. The van der Waals surface area contributed by atoms with Gasteiger partial charge in [-0.25, -0.2) is 9.59 Å². The summed E-state index contributed by atoms with van der Waals surface area (Å²) in [5.41, 5.74) is 0.285. The van der Waals surface area contributed by atoms with Gasteiger partial charge in [-0.3, -0.25) is 4.79 Å². The predicted octanol–water partition coefficient (Wildman–Crippen LogP) is 3.12. The van der Waals surface area contributed by atoms with Gasteiger partial charge in [-0.15, -0.1) is 0 Å². The molecule has 0 aromatic carbocycles. The highest BCUT2D eigenvalue weighted by molar-refractivity contribution is 5.96. The number of carbonyl (C=O) groups is 3. The van der Waals surface area contributed by atoms with Crippen molar-refractivity contribution in [2.24, 2.45) is 5.92 Å². The van der Waals surface area contributed by atoms with Gasteiger partial charge in [0, 0.05) is 37.5 Å². The van der Waals surface area contributed by atoms with Crippen molar-refractivity contribution in [1.82, 2.24) is 0 Å². The van der Waals surface area contributed by atoms with Crippen molar-refractivity contribution in [2.45, 2.75) is 71.4 Å². The summed E-state index contributed by atoms with van der Waals surface area (Å²) in [7, 11) is 1.60. The Labute approximate surface area is 182 Å². The van der Waals surface area contributed by atoms with Gasteiger partial charge < -0.3 is 23.7 Å². The third-order valence-corrected chi connectivity index (χ3v) is 6.26. The number of carbonyl (C=O) groups excluding carboxylic acids is 3. The summed E-state index contributed by atoms with van der Waals surface area (Å²) >= 11 is 0. The fraction of sp³-hybridized carbons (Fsp3) is 0.609. The van der Waals surface area contributed by atoms with E-state index in [0.717, 1.165) is 0 Å². The van der Waals surface area contributed by atoms with Gasteiger partial charge in [-0.1, -0.05) is 13.0 Å². The van der Waals surface area contributed by atoms with Gasteiger partial charge in [0.15, 0.2) is 5.79 Å². The first-order chi connectivity index (χ1) is 14.5. The van der Waals surface area contributed by atoms with Crippen LogP contribution in [0.4, 0.5) is 0 Å². The Morgan fingerprint density at radius 2 is 2.00 bits per heavy atom. The van der Waals surface area contributed by atoms with E-state index in [0.29, 0.717) is 30.4 Å². The molecule has 0 radical (unpaired) electrons. The van der Waals surface area contributed by atoms with E-state index in [2.05, 4.69) is 0 Å². The summed E-state index contributed by atoms with van der Waals surface area (Å²) in [5, 5.41) is 0. The van der Waals surface area contributed by atoms with Crippen molar-refractivity contribution in [3.8, 4) is 0 Å². The number of ether oxygens (including phenoxy) is 5. The van der Waals surface area contributed by atoms with Gasteiger partial charge in [0.05, 0.1) is 11.2 Å². The lowest BCUT2D eigenvalue weighted by atomic mass is 9.85. The number of hydrogen-bond acceptors (Lipinski definition) is 8. The monoisotopic (exact) mass is 434 g/mol. The zero-order valence-electron chi connectivity index (χ0n) is 18.9. The van der Waals surface area contributed by atoms with Crippen molar-refractivity contribution in [1.29, 1.82) is 0 Å². The van der Waals surface area contributed by atoms with Crippen LogP contribution in [0.5, 0.6) is 0 Å². The van der Waals surface area contributed by atoms with Crippen LogP contribution in [0.15, 0.2) is 34.6 Å². The van der Waals surface area contributed by atoms with Crippen molar-refractivity contribution < 1.29 is 38.1 Å². The summed E-state index contributed by atoms with van der Waals surface area (Å²) < 4.78 is 28.7. The largest absolute Gasteiger partial charge is 0.461 e. The van der Waals surface area contributed by atoms with E-state index in [1.54, 1.807) is 33.1 Å². The summed E-state index contributed by atoms with van der Waals surface area (Å²) in [6, 6.07) is 0. The summed E-state index contributed by atoms with van der Waals surface area (Å²) in [5.74, 6) is -2.41. The molecule has 0 N–H and O–H groups in total. The molecule has 0 aromatic heterocycles. The minimum absolute atomic E-state index is 0.164. The third-order valence-electron chi connectivity index (χ3n) is 6.26. The van der Waals surface area contributed by atoms with Crippen LogP contribution in [0.2, 0.25) is 0 Å². The van der Waals surface area contributed by atoms with E-state index in [9.17, 15) is 14.4 Å². The highest BCUT2D eigenvalue weighted by Crippen LogP contribution is 2.49. The van der Waals surface area contributed by atoms with Crippen molar-refractivity contribution in [2.75, 3.05) is 13.7 Å². The highest BCUT2D eigenvalue weighted by atomic mass is 16.7. The molecule has 0 amide bonds. The van der Waals surface area contributed by atoms with Gasteiger partial charge >= 0.3 is 17.9 Å². The second-order valence-electron chi connectivity index (χ2n) is 8.50. The third kappa shape index (κ3) is 4.45. The van der Waals surface area contributed by atoms with Gasteiger partial charge in [0.25, 0.3) is 0 Å². The predicted molar refractivity (Wildman–Crippen MR) is 109 cm³/mol. The lowest BCUT2D eigenvalue weighted by molar-refractivity contribution is -0.255. The molecule has 4 atom stereocenters. The molecule has 2 bridgehead atoms. The highest BCUT2D eigenvalue weighted by Gasteiger charge is 2.53. The molecule has 1 fully saturated rings. The maximum Gasteiger partial charge on any atom is 0.343 e. The normalized spacial score (nSPS) is 34.7. The number of esters is 3. The second-order valence-corrected chi connectivity index (χ2v) is 8.50. The summed E-state index contributed by atoms with van der Waals surface area (Å²) in [6.07, 6.45) is 4.24. The van der Waals surface area contributed by atoms with E-state index in [1.165, 1.54) is 6.92 Å². The molecule has 8 heteroatoms. The smallest absolute Gasteiger partial charge is 0.343 e. The number of rotatable bonds is 5. The fourth-order valence-electron chi connectivity index (χ4n) is 4.30. The Balaban J connectivity index is 2.13. The molecule has 0 unspecified atom stereocenters. The second kappa shape index (κ2) is 8.59. The molecule has 3 aliphatic rings. The first-order valence-corrected chi connectivity index (χ1v) is 10.4. The zero-order chi connectivity index (χ0) is 23.0. The number of allylic oxidation sites excluding steroid dienone is 1. The Bertz CT molecular complexity index is 882. The zero-order valence-corrected chi connectivity index (χ0v) is 18.9. The van der Waals surface area contributed by atoms with E-state index in [-0.39, 0.29) is 23.9 Å². The molecule has 8 nitrogen and oxygen atoms in total. The molecule has 31 heavy (non-hydrogen) atoms. The summed E-state index contributed by atoms with van der Waals surface area (Å²) in [4.78, 5) is 36.7. The van der Waals surface area contributed by atoms with E-state index < -0.39 is 35.4 Å². The first kappa shape index (κ1) is 23.2. The lowest BCUT2D eigenvalue weighted by Gasteiger charge is -2.36. The van der Waals surface area contributed by atoms with E-state index >= 15 is 0 Å².